The number of benzene rings is 1. The van der Waals surface area contributed by atoms with Crippen molar-refractivity contribution in [1.29, 1.82) is 0 Å². The lowest BCUT2D eigenvalue weighted by Gasteiger charge is -2.56. The van der Waals surface area contributed by atoms with Crippen LogP contribution in [0.15, 0.2) is 24.3 Å². The van der Waals surface area contributed by atoms with Crippen molar-refractivity contribution in [2.75, 3.05) is 13.1 Å². The van der Waals surface area contributed by atoms with Gasteiger partial charge in [-0.15, -0.1) is 0 Å². The lowest BCUT2D eigenvalue weighted by Crippen LogP contribution is -2.60. The number of hydrogen-bond donors (Lipinski definition) is 1. The first-order valence-corrected chi connectivity index (χ1v) is 8.77. The van der Waals surface area contributed by atoms with Crippen LogP contribution in [0.25, 0.3) is 10.9 Å². The zero-order valence-corrected chi connectivity index (χ0v) is 13.5. The Labute approximate surface area is 135 Å². The minimum Gasteiger partial charge on any atom is -0.383 e. The monoisotopic (exact) mass is 310 g/mol. The van der Waals surface area contributed by atoms with E-state index in [1.54, 1.807) is 0 Å². The van der Waals surface area contributed by atoms with Crippen LogP contribution in [0.1, 0.15) is 48.3 Å². The summed E-state index contributed by atoms with van der Waals surface area (Å²) in [7, 11) is 0. The molecule has 0 saturated carbocycles. The average molecular weight is 310 g/mol. The maximum Gasteiger partial charge on any atom is 0.260 e. The molecule has 0 radical (unpaired) electrons. The van der Waals surface area contributed by atoms with Gasteiger partial charge in [-0.25, -0.2) is 0 Å². The number of carbonyl (C=O) groups is 1. The molecule has 3 unspecified atom stereocenters. The van der Waals surface area contributed by atoms with Crippen molar-refractivity contribution in [1.82, 2.24) is 9.47 Å². The highest BCUT2D eigenvalue weighted by molar-refractivity contribution is 5.99. The summed E-state index contributed by atoms with van der Waals surface area (Å²) in [4.78, 5) is 15.6. The Balaban J connectivity index is 1.90. The van der Waals surface area contributed by atoms with Gasteiger partial charge in [0.15, 0.2) is 0 Å². The minimum atomic E-state index is -0.894. The molecule has 4 heteroatoms. The number of carbonyl (C=O) groups excluding carboxylic acids is 1. The Morgan fingerprint density at radius 2 is 2.13 bits per heavy atom. The van der Waals surface area contributed by atoms with Crippen molar-refractivity contribution in [2.45, 2.75) is 44.8 Å². The van der Waals surface area contributed by atoms with E-state index in [1.165, 1.54) is 16.6 Å². The molecule has 3 aliphatic heterocycles. The summed E-state index contributed by atoms with van der Waals surface area (Å²) in [6.07, 6.45) is 2.97. The van der Waals surface area contributed by atoms with Crippen molar-refractivity contribution in [3.8, 4) is 0 Å². The number of aromatic nitrogens is 1. The zero-order valence-electron chi connectivity index (χ0n) is 13.5. The number of fused-ring (bicyclic) bond motifs is 3. The molecule has 120 valence electrons. The molecule has 1 aromatic heterocycles. The van der Waals surface area contributed by atoms with Crippen molar-refractivity contribution in [3.05, 3.63) is 35.5 Å². The van der Waals surface area contributed by atoms with Crippen LogP contribution in [0.5, 0.6) is 0 Å². The molecule has 3 aliphatic rings. The molecule has 0 aliphatic carbocycles. The van der Waals surface area contributed by atoms with Crippen LogP contribution in [0, 0.1) is 5.41 Å². The van der Waals surface area contributed by atoms with Crippen molar-refractivity contribution in [2.24, 2.45) is 5.41 Å². The highest BCUT2D eigenvalue weighted by Gasteiger charge is 2.58. The lowest BCUT2D eigenvalue weighted by molar-refractivity contribution is -0.0853. The SMILES string of the molecule is CCC12CCCN3CCc4c(n(c5ccccc45)C(=O)C1O)C32. The Morgan fingerprint density at radius 3 is 2.96 bits per heavy atom. The van der Waals surface area contributed by atoms with Crippen molar-refractivity contribution >= 4 is 16.8 Å². The number of rotatable bonds is 1. The minimum absolute atomic E-state index is 0.121. The van der Waals surface area contributed by atoms with E-state index >= 15 is 0 Å². The van der Waals surface area contributed by atoms with Crippen molar-refractivity contribution in [3.63, 3.8) is 0 Å². The molecule has 1 aromatic carbocycles. The van der Waals surface area contributed by atoms with Gasteiger partial charge in [0.2, 0.25) is 0 Å². The Morgan fingerprint density at radius 1 is 1.30 bits per heavy atom. The number of nitrogens with zero attached hydrogens (tertiary/aromatic N) is 2. The van der Waals surface area contributed by atoms with E-state index in [-0.39, 0.29) is 17.4 Å². The summed E-state index contributed by atoms with van der Waals surface area (Å²) in [6, 6.07) is 8.36. The summed E-state index contributed by atoms with van der Waals surface area (Å²) < 4.78 is 1.84. The Hall–Kier alpha value is -1.65. The summed E-state index contributed by atoms with van der Waals surface area (Å²) in [6.45, 7) is 4.25. The quantitative estimate of drug-likeness (QED) is 0.881. The first-order valence-electron chi connectivity index (χ1n) is 8.77. The highest BCUT2D eigenvalue weighted by atomic mass is 16.3. The van der Waals surface area contributed by atoms with E-state index in [4.69, 9.17) is 0 Å². The number of hydrogen-bond acceptors (Lipinski definition) is 3. The van der Waals surface area contributed by atoms with Crippen LogP contribution in [-0.2, 0) is 6.42 Å². The number of aliphatic hydroxyl groups excluding tert-OH is 1. The fraction of sp³-hybridized carbons (Fsp3) is 0.526. The summed E-state index contributed by atoms with van der Waals surface area (Å²) in [5, 5.41) is 12.2. The van der Waals surface area contributed by atoms with E-state index in [9.17, 15) is 9.90 Å². The molecule has 1 N–H and O–H groups in total. The van der Waals surface area contributed by atoms with E-state index in [0.717, 1.165) is 44.3 Å². The topological polar surface area (TPSA) is 45.5 Å². The standard InChI is InChI=1S/C19H22N2O2/c1-2-19-9-5-10-20-11-8-13-12-6-3-4-7-14(12)21(15(13)16(19)20)18(23)17(19)22/h3-4,6-7,16-17,22H,2,5,8-11H2,1H3. The highest BCUT2D eigenvalue weighted by Crippen LogP contribution is 2.56. The second-order valence-electron chi connectivity index (χ2n) is 7.34. The van der Waals surface area contributed by atoms with Gasteiger partial charge in [0, 0.05) is 23.0 Å². The van der Waals surface area contributed by atoms with Crippen LogP contribution in [0.3, 0.4) is 0 Å². The Kier molecular flexibility index (Phi) is 2.67. The van der Waals surface area contributed by atoms with E-state index < -0.39 is 6.10 Å². The predicted molar refractivity (Wildman–Crippen MR) is 88.5 cm³/mol. The summed E-state index contributed by atoms with van der Waals surface area (Å²) >= 11 is 0. The number of para-hydroxylation sites is 1. The van der Waals surface area contributed by atoms with Gasteiger partial charge < -0.3 is 5.11 Å². The van der Waals surface area contributed by atoms with Gasteiger partial charge in [-0.3, -0.25) is 14.3 Å². The third-order valence-corrected chi connectivity index (χ3v) is 6.58. The van der Waals surface area contributed by atoms with Gasteiger partial charge in [-0.2, -0.15) is 0 Å². The molecule has 0 bridgehead atoms. The average Bonchev–Trinajstić information content (AvgIpc) is 2.94. The van der Waals surface area contributed by atoms with Gasteiger partial charge >= 0.3 is 0 Å². The van der Waals surface area contributed by atoms with Crippen LogP contribution in [0.4, 0.5) is 0 Å². The molecule has 3 atom stereocenters. The fourth-order valence-electron chi connectivity index (χ4n) is 5.51. The largest absolute Gasteiger partial charge is 0.383 e. The third kappa shape index (κ3) is 1.47. The molecular formula is C19H22N2O2. The van der Waals surface area contributed by atoms with Crippen LogP contribution in [0.2, 0.25) is 0 Å². The molecule has 0 amide bonds. The van der Waals surface area contributed by atoms with Gasteiger partial charge in [0.1, 0.15) is 6.10 Å². The van der Waals surface area contributed by atoms with Gasteiger partial charge in [0.25, 0.3) is 5.91 Å². The van der Waals surface area contributed by atoms with Crippen LogP contribution >= 0.6 is 0 Å². The maximum atomic E-state index is 13.1. The Bertz CT molecular complexity index is 824. The van der Waals surface area contributed by atoms with Crippen molar-refractivity contribution < 1.29 is 9.90 Å². The predicted octanol–water partition coefficient (Wildman–Crippen LogP) is 2.75. The molecule has 1 saturated heterocycles. The molecule has 5 rings (SSSR count). The lowest BCUT2D eigenvalue weighted by atomic mass is 9.63. The van der Waals surface area contributed by atoms with Gasteiger partial charge in [0.05, 0.1) is 11.6 Å². The summed E-state index contributed by atoms with van der Waals surface area (Å²) in [5.74, 6) is -0.121. The zero-order chi connectivity index (χ0) is 15.8. The first kappa shape index (κ1) is 13.8. The molecule has 2 aromatic rings. The number of aliphatic hydroxyl groups is 1. The molecule has 23 heavy (non-hydrogen) atoms. The van der Waals surface area contributed by atoms with Gasteiger partial charge in [-0.1, -0.05) is 25.1 Å². The van der Waals surface area contributed by atoms with Crippen LogP contribution in [-0.4, -0.2) is 39.7 Å². The molecule has 0 spiro atoms. The van der Waals surface area contributed by atoms with E-state index in [0.29, 0.717) is 0 Å². The molecular weight excluding hydrogens is 288 g/mol. The second kappa shape index (κ2) is 4.46. The third-order valence-electron chi connectivity index (χ3n) is 6.58. The number of piperidine rings is 1. The summed E-state index contributed by atoms with van der Waals surface area (Å²) in [5.41, 5.74) is 3.17. The molecule has 1 fully saturated rings. The molecule has 4 nitrogen and oxygen atoms in total. The fourth-order valence-corrected chi connectivity index (χ4v) is 5.51. The second-order valence-corrected chi connectivity index (χ2v) is 7.34. The smallest absolute Gasteiger partial charge is 0.260 e. The van der Waals surface area contributed by atoms with Gasteiger partial charge in [-0.05, 0) is 43.9 Å². The van der Waals surface area contributed by atoms with Crippen LogP contribution < -0.4 is 0 Å². The first-order chi connectivity index (χ1) is 11.2. The van der Waals surface area contributed by atoms with E-state index in [2.05, 4.69) is 17.9 Å². The maximum absolute atomic E-state index is 13.1. The normalized spacial score (nSPS) is 33.0. The van der Waals surface area contributed by atoms with E-state index in [1.807, 2.05) is 22.8 Å². The molecule has 4 heterocycles.